The highest BCUT2D eigenvalue weighted by molar-refractivity contribution is 5.61. The van der Waals surface area contributed by atoms with Crippen LogP contribution in [-0.4, -0.2) is 27.9 Å². The van der Waals surface area contributed by atoms with E-state index >= 15 is 0 Å². The fraction of sp³-hybridized carbons (Fsp3) is 0.500. The molecule has 2 aromatic rings. The summed E-state index contributed by atoms with van der Waals surface area (Å²) in [6, 6.07) is 2.08. The van der Waals surface area contributed by atoms with Crippen LogP contribution in [0.25, 0.3) is 5.69 Å². The van der Waals surface area contributed by atoms with Crippen molar-refractivity contribution in [2.75, 3.05) is 18.0 Å². The van der Waals surface area contributed by atoms with Crippen LogP contribution in [-0.2, 0) is 0 Å². The van der Waals surface area contributed by atoms with E-state index in [4.69, 9.17) is 0 Å². The van der Waals surface area contributed by atoms with E-state index in [0.29, 0.717) is 0 Å². The Kier molecular flexibility index (Phi) is 2.94. The van der Waals surface area contributed by atoms with E-state index in [2.05, 4.69) is 27.2 Å². The summed E-state index contributed by atoms with van der Waals surface area (Å²) in [7, 11) is 0. The van der Waals surface area contributed by atoms with E-state index in [1.807, 2.05) is 23.3 Å². The predicted octanol–water partition coefficient (Wildman–Crippen LogP) is 3.14. The lowest BCUT2D eigenvalue weighted by atomic mass is 10.1. The molecule has 0 radical (unpaired) electrons. The first kappa shape index (κ1) is 11.9. The molecule has 0 N–H and O–H groups in total. The first-order valence-electron chi connectivity index (χ1n) is 7.66. The van der Waals surface area contributed by atoms with Gasteiger partial charge < -0.3 is 4.90 Å². The number of piperidine rings is 1. The molecule has 0 unspecified atom stereocenters. The maximum Gasteiger partial charge on any atom is 0.0910 e. The minimum absolute atomic E-state index is 0.754. The number of aromatic nitrogens is 3. The maximum absolute atomic E-state index is 4.57. The Hall–Kier alpha value is -1.84. The first-order chi connectivity index (χ1) is 9.92. The molecule has 2 aliphatic rings. The Morgan fingerprint density at radius 1 is 1.00 bits per heavy atom. The van der Waals surface area contributed by atoms with Gasteiger partial charge in [0.1, 0.15) is 0 Å². The summed E-state index contributed by atoms with van der Waals surface area (Å²) in [5.74, 6) is 0.754. The second-order valence-corrected chi connectivity index (χ2v) is 5.90. The Morgan fingerprint density at radius 2 is 1.85 bits per heavy atom. The monoisotopic (exact) mass is 268 g/mol. The van der Waals surface area contributed by atoms with Gasteiger partial charge in [0, 0.05) is 25.5 Å². The van der Waals surface area contributed by atoms with Crippen LogP contribution in [0.15, 0.2) is 30.9 Å². The molecule has 3 heterocycles. The normalized spacial score (nSPS) is 19.3. The van der Waals surface area contributed by atoms with Crippen LogP contribution in [0.1, 0.15) is 43.6 Å². The van der Waals surface area contributed by atoms with E-state index in [0.717, 1.165) is 24.7 Å². The molecular weight excluding hydrogens is 248 g/mol. The van der Waals surface area contributed by atoms with Crippen molar-refractivity contribution in [1.29, 1.82) is 0 Å². The Bertz CT molecular complexity index is 594. The molecule has 2 fully saturated rings. The molecule has 20 heavy (non-hydrogen) atoms. The fourth-order valence-corrected chi connectivity index (χ4v) is 3.05. The van der Waals surface area contributed by atoms with Crippen molar-refractivity contribution >= 4 is 5.69 Å². The highest BCUT2D eigenvalue weighted by atomic mass is 15.3. The number of pyridine rings is 1. The van der Waals surface area contributed by atoms with Gasteiger partial charge in [-0.3, -0.25) is 4.98 Å². The first-order valence-corrected chi connectivity index (χ1v) is 7.66. The molecule has 1 aliphatic heterocycles. The molecule has 1 aliphatic carbocycles. The van der Waals surface area contributed by atoms with Crippen molar-refractivity contribution in [2.24, 2.45) is 0 Å². The van der Waals surface area contributed by atoms with Crippen LogP contribution < -0.4 is 4.90 Å². The molecule has 1 saturated carbocycles. The summed E-state index contributed by atoms with van der Waals surface area (Å²) in [4.78, 5) is 6.77. The largest absolute Gasteiger partial charge is 0.369 e. The molecular formula is C16H20N4. The number of rotatable bonds is 3. The lowest BCUT2D eigenvalue weighted by Crippen LogP contribution is -2.30. The number of anilines is 1. The van der Waals surface area contributed by atoms with E-state index in [1.54, 1.807) is 0 Å². The van der Waals surface area contributed by atoms with Gasteiger partial charge in [-0.25, -0.2) is 4.68 Å². The molecule has 4 heteroatoms. The zero-order chi connectivity index (χ0) is 13.4. The summed E-state index contributed by atoms with van der Waals surface area (Å²) >= 11 is 0. The third kappa shape index (κ3) is 2.19. The van der Waals surface area contributed by atoms with Crippen LogP contribution in [0.3, 0.4) is 0 Å². The zero-order valence-corrected chi connectivity index (χ0v) is 11.7. The fourth-order valence-electron chi connectivity index (χ4n) is 3.05. The second kappa shape index (κ2) is 4.93. The average molecular weight is 268 g/mol. The van der Waals surface area contributed by atoms with Crippen molar-refractivity contribution < 1.29 is 0 Å². The molecule has 0 bridgehead atoms. The highest BCUT2D eigenvalue weighted by Crippen LogP contribution is 2.40. The Labute approximate surface area is 119 Å². The van der Waals surface area contributed by atoms with Crippen molar-refractivity contribution in [3.8, 4) is 5.69 Å². The van der Waals surface area contributed by atoms with Gasteiger partial charge in [-0.1, -0.05) is 0 Å². The predicted molar refractivity (Wildman–Crippen MR) is 79.4 cm³/mol. The van der Waals surface area contributed by atoms with Gasteiger partial charge in [0.05, 0.1) is 23.8 Å². The second-order valence-electron chi connectivity index (χ2n) is 5.90. The van der Waals surface area contributed by atoms with Crippen molar-refractivity contribution in [2.45, 2.75) is 38.0 Å². The van der Waals surface area contributed by atoms with Crippen LogP contribution in [0.2, 0.25) is 0 Å². The van der Waals surface area contributed by atoms with Gasteiger partial charge in [0.15, 0.2) is 0 Å². The summed E-state index contributed by atoms with van der Waals surface area (Å²) < 4.78 is 2.03. The van der Waals surface area contributed by atoms with Gasteiger partial charge in [-0.15, -0.1) is 0 Å². The van der Waals surface area contributed by atoms with E-state index in [1.165, 1.54) is 43.4 Å². The van der Waals surface area contributed by atoms with Crippen LogP contribution in [0.5, 0.6) is 0 Å². The Morgan fingerprint density at radius 3 is 2.65 bits per heavy atom. The summed E-state index contributed by atoms with van der Waals surface area (Å²) in [6.07, 6.45) is 14.6. The van der Waals surface area contributed by atoms with Gasteiger partial charge in [0.25, 0.3) is 0 Å². The van der Waals surface area contributed by atoms with E-state index < -0.39 is 0 Å². The molecule has 0 atom stereocenters. The summed E-state index contributed by atoms with van der Waals surface area (Å²) in [5, 5.41) is 4.57. The minimum Gasteiger partial charge on any atom is -0.369 e. The minimum atomic E-state index is 0.754. The Balaban J connectivity index is 1.68. The molecule has 2 aromatic heterocycles. The maximum atomic E-state index is 4.57. The van der Waals surface area contributed by atoms with E-state index in [-0.39, 0.29) is 0 Å². The SMILES string of the molecule is c1cc(-n2cc(C3CC3)cn2)c(N2CCCCC2)cn1. The molecule has 0 spiro atoms. The molecule has 0 aromatic carbocycles. The third-order valence-corrected chi connectivity index (χ3v) is 4.37. The molecule has 104 valence electrons. The molecule has 4 rings (SSSR count). The van der Waals surface area contributed by atoms with Crippen LogP contribution in [0.4, 0.5) is 5.69 Å². The number of hydrogen-bond acceptors (Lipinski definition) is 3. The lowest BCUT2D eigenvalue weighted by molar-refractivity contribution is 0.576. The molecule has 0 amide bonds. The standard InChI is InChI=1S/C16H20N4/c1-2-8-19(9-3-1)16-11-17-7-6-15(16)20-12-14(10-18-20)13-4-5-13/h6-7,10-13H,1-5,8-9H2. The topological polar surface area (TPSA) is 34.0 Å². The number of nitrogens with zero attached hydrogens (tertiary/aromatic N) is 4. The highest BCUT2D eigenvalue weighted by Gasteiger charge is 2.25. The van der Waals surface area contributed by atoms with Gasteiger partial charge in [-0.05, 0) is 49.7 Å². The quantitative estimate of drug-likeness (QED) is 0.857. The molecule has 1 saturated heterocycles. The van der Waals surface area contributed by atoms with Crippen LogP contribution >= 0.6 is 0 Å². The van der Waals surface area contributed by atoms with E-state index in [9.17, 15) is 0 Å². The smallest absolute Gasteiger partial charge is 0.0910 e. The average Bonchev–Trinajstić information content (AvgIpc) is 3.26. The lowest BCUT2D eigenvalue weighted by Gasteiger charge is -2.29. The van der Waals surface area contributed by atoms with Crippen molar-refractivity contribution in [1.82, 2.24) is 14.8 Å². The zero-order valence-electron chi connectivity index (χ0n) is 11.7. The van der Waals surface area contributed by atoms with Gasteiger partial charge in [0.2, 0.25) is 0 Å². The van der Waals surface area contributed by atoms with Crippen molar-refractivity contribution in [3.63, 3.8) is 0 Å². The van der Waals surface area contributed by atoms with Crippen molar-refractivity contribution in [3.05, 3.63) is 36.4 Å². The van der Waals surface area contributed by atoms with Crippen LogP contribution in [0, 0.1) is 0 Å². The van der Waals surface area contributed by atoms with Gasteiger partial charge in [-0.2, -0.15) is 5.10 Å². The number of hydrogen-bond donors (Lipinski definition) is 0. The summed E-state index contributed by atoms with van der Waals surface area (Å²) in [5.41, 5.74) is 3.76. The third-order valence-electron chi connectivity index (χ3n) is 4.37. The molecule has 4 nitrogen and oxygen atoms in total. The summed E-state index contributed by atoms with van der Waals surface area (Å²) in [6.45, 7) is 2.27. The van der Waals surface area contributed by atoms with Gasteiger partial charge >= 0.3 is 0 Å².